The number of hydrogen-bond acceptors (Lipinski definition) is 6. The highest BCUT2D eigenvalue weighted by molar-refractivity contribution is 8.19. The highest BCUT2D eigenvalue weighted by Crippen LogP contribution is 2.41. The van der Waals surface area contributed by atoms with Gasteiger partial charge >= 0.3 is 5.97 Å². The van der Waals surface area contributed by atoms with E-state index < -0.39 is 11.9 Å². The Bertz CT molecular complexity index is 780. The first-order valence-corrected chi connectivity index (χ1v) is 8.01. The van der Waals surface area contributed by atoms with Crippen LogP contribution in [0.25, 0.3) is 6.08 Å². The lowest BCUT2D eigenvalue weighted by atomic mass is 10.0. The highest BCUT2D eigenvalue weighted by Gasteiger charge is 2.38. The van der Waals surface area contributed by atoms with E-state index in [9.17, 15) is 9.59 Å². The third-order valence-electron chi connectivity index (χ3n) is 3.14. The Morgan fingerprint density at radius 3 is 2.64 bits per heavy atom. The maximum Gasteiger partial charge on any atom is 0.335 e. The van der Waals surface area contributed by atoms with Gasteiger partial charge in [0, 0.05) is 11.6 Å². The van der Waals surface area contributed by atoms with E-state index in [-0.39, 0.29) is 16.4 Å². The van der Waals surface area contributed by atoms with E-state index in [1.54, 1.807) is 29.8 Å². The number of ketones is 1. The van der Waals surface area contributed by atoms with Gasteiger partial charge in [0.05, 0.1) is 15.5 Å². The molecule has 1 fully saturated rings. The molecule has 0 aliphatic carbocycles. The van der Waals surface area contributed by atoms with Gasteiger partial charge in [0.25, 0.3) is 0 Å². The molecule has 1 aliphatic rings. The first kappa shape index (κ1) is 14.7. The van der Waals surface area contributed by atoms with Gasteiger partial charge < -0.3 is 5.11 Å². The van der Waals surface area contributed by atoms with Crippen LogP contribution in [-0.4, -0.2) is 26.9 Å². The molecular weight excluding hydrogens is 320 g/mol. The van der Waals surface area contributed by atoms with Gasteiger partial charge in [-0.15, -0.1) is 11.3 Å². The van der Waals surface area contributed by atoms with Crippen LogP contribution in [0.1, 0.15) is 26.8 Å². The molecular formula is C15H10N2O3S2. The summed E-state index contributed by atoms with van der Waals surface area (Å²) in [6.07, 6.45) is 3.30. The van der Waals surface area contributed by atoms with Crippen LogP contribution in [-0.2, 0) is 4.79 Å². The maximum absolute atomic E-state index is 12.4. The fraction of sp³-hybridized carbons (Fsp3) is 0.0667. The molecule has 7 heteroatoms. The first-order chi connectivity index (χ1) is 10.6. The number of aromatic carboxylic acids is 1. The van der Waals surface area contributed by atoms with Gasteiger partial charge in [-0.2, -0.15) is 0 Å². The summed E-state index contributed by atoms with van der Waals surface area (Å²) in [4.78, 5) is 27.9. The Kier molecular flexibility index (Phi) is 3.91. The smallest absolute Gasteiger partial charge is 0.335 e. The number of carboxylic acid groups (broad SMARTS) is 1. The number of hydrogen-bond donors (Lipinski definition) is 2. The molecule has 1 aromatic heterocycles. The van der Waals surface area contributed by atoms with Crippen LogP contribution >= 0.6 is 23.1 Å². The van der Waals surface area contributed by atoms with Crippen LogP contribution in [0.2, 0.25) is 0 Å². The minimum Gasteiger partial charge on any atom is -0.478 e. The Labute approximate surface area is 134 Å². The second-order valence-electron chi connectivity index (χ2n) is 4.57. The van der Waals surface area contributed by atoms with E-state index in [2.05, 4.69) is 4.98 Å². The number of benzene rings is 1. The largest absolute Gasteiger partial charge is 0.478 e. The van der Waals surface area contributed by atoms with Gasteiger partial charge in [0.2, 0.25) is 0 Å². The average Bonchev–Trinajstić information content (AvgIpc) is 3.09. The fourth-order valence-electron chi connectivity index (χ4n) is 2.06. The van der Waals surface area contributed by atoms with Crippen molar-refractivity contribution in [2.75, 3.05) is 0 Å². The second-order valence-corrected chi connectivity index (χ2v) is 6.58. The number of thiazole rings is 1. The Balaban J connectivity index is 1.88. The van der Waals surface area contributed by atoms with Crippen molar-refractivity contribution in [3.05, 3.63) is 56.9 Å². The van der Waals surface area contributed by atoms with E-state index >= 15 is 0 Å². The number of Topliss-reactive ketones (excluding diaryl/α,β-unsaturated/α-hetero) is 1. The Morgan fingerprint density at radius 2 is 2.05 bits per heavy atom. The SMILES string of the molecule is N=C1S/C(=C\c2ccc(C(=O)O)cc2)C(=O)[C@H]1c1nccs1. The van der Waals surface area contributed by atoms with Crippen molar-refractivity contribution in [1.29, 1.82) is 5.41 Å². The van der Waals surface area contributed by atoms with Gasteiger partial charge in [-0.3, -0.25) is 10.2 Å². The first-order valence-electron chi connectivity index (χ1n) is 6.31. The number of nitrogens with zero attached hydrogens (tertiary/aromatic N) is 1. The molecule has 2 heterocycles. The maximum atomic E-state index is 12.4. The zero-order valence-corrected chi connectivity index (χ0v) is 12.8. The lowest BCUT2D eigenvalue weighted by molar-refractivity contribution is -0.114. The molecule has 5 nitrogen and oxygen atoms in total. The third kappa shape index (κ3) is 2.72. The standard InChI is InChI=1S/C15H10N2O3S2/c16-13-11(14-17-5-6-21-14)12(18)10(22-13)7-8-1-3-9(4-2-8)15(19)20/h1-7,11,16H,(H,19,20)/b10-7-,16-13?/t11-/m1/s1. The average molecular weight is 330 g/mol. The Morgan fingerprint density at radius 1 is 1.32 bits per heavy atom. The van der Waals surface area contributed by atoms with E-state index in [4.69, 9.17) is 10.5 Å². The highest BCUT2D eigenvalue weighted by atomic mass is 32.2. The minimum absolute atomic E-state index is 0.132. The fourth-order valence-corrected chi connectivity index (χ4v) is 3.87. The number of carboxylic acids is 1. The summed E-state index contributed by atoms with van der Waals surface area (Å²) in [7, 11) is 0. The van der Waals surface area contributed by atoms with Crippen molar-refractivity contribution in [3.8, 4) is 0 Å². The van der Waals surface area contributed by atoms with Crippen molar-refractivity contribution >= 4 is 46.0 Å². The predicted octanol–water partition coefficient (Wildman–Crippen LogP) is 3.26. The van der Waals surface area contributed by atoms with E-state index in [1.165, 1.54) is 23.5 Å². The zero-order chi connectivity index (χ0) is 15.7. The number of aromatic nitrogens is 1. The summed E-state index contributed by atoms with van der Waals surface area (Å²) in [5.41, 5.74) is 0.925. The third-order valence-corrected chi connectivity index (χ3v) is 4.98. The van der Waals surface area contributed by atoms with E-state index in [0.29, 0.717) is 9.91 Å². The number of allylic oxidation sites excluding steroid dienone is 1. The van der Waals surface area contributed by atoms with Crippen molar-refractivity contribution in [2.24, 2.45) is 0 Å². The van der Waals surface area contributed by atoms with Crippen LogP contribution in [0, 0.1) is 5.41 Å². The van der Waals surface area contributed by atoms with Gasteiger partial charge in [0.15, 0.2) is 5.78 Å². The number of carbonyl (C=O) groups is 2. The molecule has 1 saturated heterocycles. The molecule has 1 aromatic carbocycles. The van der Waals surface area contributed by atoms with Crippen LogP contribution < -0.4 is 0 Å². The molecule has 2 N–H and O–H groups in total. The molecule has 1 aliphatic heterocycles. The molecule has 1 atom stereocenters. The number of thioether (sulfide) groups is 1. The van der Waals surface area contributed by atoms with Crippen LogP contribution in [0.3, 0.4) is 0 Å². The summed E-state index contributed by atoms with van der Waals surface area (Å²) in [6, 6.07) is 6.26. The van der Waals surface area contributed by atoms with Gasteiger partial charge in [-0.25, -0.2) is 9.78 Å². The topological polar surface area (TPSA) is 91.1 Å². The summed E-state index contributed by atoms with van der Waals surface area (Å²) >= 11 is 2.49. The summed E-state index contributed by atoms with van der Waals surface area (Å²) in [5, 5.41) is 19.5. The molecule has 110 valence electrons. The molecule has 0 saturated carbocycles. The van der Waals surface area contributed by atoms with Crippen LogP contribution in [0.15, 0.2) is 40.7 Å². The van der Waals surface area contributed by atoms with Crippen molar-refractivity contribution in [2.45, 2.75) is 5.92 Å². The van der Waals surface area contributed by atoms with Gasteiger partial charge in [-0.05, 0) is 23.8 Å². The van der Waals surface area contributed by atoms with E-state index in [1.807, 2.05) is 0 Å². The molecule has 2 aromatic rings. The lowest BCUT2D eigenvalue weighted by Gasteiger charge is -2.01. The van der Waals surface area contributed by atoms with E-state index in [0.717, 1.165) is 17.3 Å². The lowest BCUT2D eigenvalue weighted by Crippen LogP contribution is -2.11. The van der Waals surface area contributed by atoms with Crippen LogP contribution in [0.5, 0.6) is 0 Å². The van der Waals surface area contributed by atoms with Crippen LogP contribution in [0.4, 0.5) is 0 Å². The quantitative estimate of drug-likeness (QED) is 0.843. The molecule has 0 radical (unpaired) electrons. The molecule has 22 heavy (non-hydrogen) atoms. The summed E-state index contributed by atoms with van der Waals surface area (Å²) in [6.45, 7) is 0. The molecule has 0 spiro atoms. The van der Waals surface area contributed by atoms with Gasteiger partial charge in [0.1, 0.15) is 10.9 Å². The normalized spacial score (nSPS) is 19.8. The molecule has 0 amide bonds. The second kappa shape index (κ2) is 5.86. The zero-order valence-electron chi connectivity index (χ0n) is 11.1. The minimum atomic E-state index is -0.990. The number of carbonyl (C=O) groups excluding carboxylic acids is 1. The number of rotatable bonds is 3. The van der Waals surface area contributed by atoms with Crippen molar-refractivity contribution in [3.63, 3.8) is 0 Å². The van der Waals surface area contributed by atoms with Crippen molar-refractivity contribution in [1.82, 2.24) is 4.98 Å². The monoisotopic (exact) mass is 330 g/mol. The molecule has 3 rings (SSSR count). The predicted molar refractivity (Wildman–Crippen MR) is 86.6 cm³/mol. The number of nitrogens with one attached hydrogen (secondary N) is 1. The molecule has 0 bridgehead atoms. The van der Waals surface area contributed by atoms with Gasteiger partial charge in [-0.1, -0.05) is 23.9 Å². The Hall–Kier alpha value is -2.25. The summed E-state index contributed by atoms with van der Waals surface area (Å²) < 4.78 is 0. The summed E-state index contributed by atoms with van der Waals surface area (Å²) in [5.74, 6) is -1.72. The molecule has 0 unspecified atom stereocenters. The van der Waals surface area contributed by atoms with Crippen molar-refractivity contribution < 1.29 is 14.7 Å².